The van der Waals surface area contributed by atoms with Gasteiger partial charge in [0.15, 0.2) is 6.61 Å². The lowest BCUT2D eigenvalue weighted by Crippen LogP contribution is -2.32. The summed E-state index contributed by atoms with van der Waals surface area (Å²) < 4.78 is 43.6. The van der Waals surface area contributed by atoms with Gasteiger partial charge in [-0.1, -0.05) is 6.07 Å². The zero-order valence-electron chi connectivity index (χ0n) is 15.3. The molecule has 0 saturated carbocycles. The van der Waals surface area contributed by atoms with Crippen LogP contribution in [0.5, 0.6) is 5.75 Å². The van der Waals surface area contributed by atoms with Crippen LogP contribution in [0.3, 0.4) is 0 Å². The fourth-order valence-corrected chi connectivity index (χ4v) is 3.75. The third kappa shape index (κ3) is 5.44. The van der Waals surface area contributed by atoms with Crippen molar-refractivity contribution in [2.24, 2.45) is 5.73 Å². The van der Waals surface area contributed by atoms with Crippen molar-refractivity contribution in [3.8, 4) is 5.75 Å². The Balaban J connectivity index is 1.63. The molecule has 1 aliphatic heterocycles. The summed E-state index contributed by atoms with van der Waals surface area (Å²) in [4.78, 5) is 35.8. The summed E-state index contributed by atoms with van der Waals surface area (Å²) in [5.41, 5.74) is 4.60. The molecule has 0 fully saturated rings. The second-order valence-electron chi connectivity index (χ2n) is 6.34. The zero-order valence-corrected chi connectivity index (χ0v) is 16.1. The van der Waals surface area contributed by atoms with Crippen LogP contribution in [0.2, 0.25) is 0 Å². The highest BCUT2D eigenvalue weighted by molar-refractivity contribution is 8.01. The van der Waals surface area contributed by atoms with Crippen molar-refractivity contribution >= 4 is 40.9 Å². The van der Waals surface area contributed by atoms with Crippen LogP contribution in [-0.2, 0) is 20.6 Å². The molecule has 1 aliphatic rings. The lowest BCUT2D eigenvalue weighted by Gasteiger charge is -2.24. The van der Waals surface area contributed by atoms with E-state index in [1.54, 1.807) is 18.2 Å². The quantitative estimate of drug-likeness (QED) is 0.641. The van der Waals surface area contributed by atoms with E-state index in [1.807, 2.05) is 0 Å². The number of benzene rings is 2. The number of halogens is 3. The largest absolute Gasteiger partial charge is 0.484 e. The molecule has 30 heavy (non-hydrogen) atoms. The number of rotatable bonds is 6. The van der Waals surface area contributed by atoms with Crippen molar-refractivity contribution in [3.05, 3.63) is 48.0 Å². The smallest absolute Gasteiger partial charge is 0.416 e. The lowest BCUT2D eigenvalue weighted by molar-refractivity contribution is -0.137. The van der Waals surface area contributed by atoms with Gasteiger partial charge >= 0.3 is 6.18 Å². The SMILES string of the molecule is NC(=O)COc1cccc(NC(=O)C[C@@H]2Sc3ccc(C(F)(F)F)cc3NC2=O)c1. The molecule has 2 aromatic carbocycles. The van der Waals surface area contributed by atoms with E-state index in [-0.39, 0.29) is 18.7 Å². The molecule has 0 unspecified atom stereocenters. The number of hydrogen-bond donors (Lipinski definition) is 3. The van der Waals surface area contributed by atoms with E-state index in [9.17, 15) is 27.6 Å². The van der Waals surface area contributed by atoms with Gasteiger partial charge in [-0.2, -0.15) is 13.2 Å². The van der Waals surface area contributed by atoms with E-state index in [2.05, 4.69) is 10.6 Å². The third-order valence-corrected chi connectivity index (χ3v) is 5.27. The van der Waals surface area contributed by atoms with Gasteiger partial charge in [0.1, 0.15) is 5.75 Å². The van der Waals surface area contributed by atoms with Crippen LogP contribution < -0.4 is 21.1 Å². The number of nitrogens with one attached hydrogen (secondary N) is 2. The van der Waals surface area contributed by atoms with Gasteiger partial charge in [-0.15, -0.1) is 11.8 Å². The Bertz CT molecular complexity index is 997. The first-order chi connectivity index (χ1) is 14.1. The maximum absolute atomic E-state index is 12.8. The molecule has 1 heterocycles. The third-order valence-electron chi connectivity index (χ3n) is 4.00. The van der Waals surface area contributed by atoms with Gasteiger partial charge in [0, 0.05) is 23.1 Å². The van der Waals surface area contributed by atoms with Gasteiger partial charge in [0.2, 0.25) is 11.8 Å². The van der Waals surface area contributed by atoms with Crippen molar-refractivity contribution in [2.75, 3.05) is 17.2 Å². The Morgan fingerprint density at radius 3 is 2.67 bits per heavy atom. The molecule has 1 atom stereocenters. The number of carbonyl (C=O) groups is 3. The van der Waals surface area contributed by atoms with E-state index < -0.39 is 34.7 Å². The summed E-state index contributed by atoms with van der Waals surface area (Å²) in [6, 6.07) is 9.33. The van der Waals surface area contributed by atoms with Crippen LogP contribution in [0.1, 0.15) is 12.0 Å². The Hall–Kier alpha value is -3.21. The molecule has 0 aliphatic carbocycles. The predicted octanol–water partition coefficient (Wildman–Crippen LogP) is 3.01. The number of carbonyl (C=O) groups excluding carboxylic acids is 3. The number of ether oxygens (including phenoxy) is 1. The summed E-state index contributed by atoms with van der Waals surface area (Å²) in [5.74, 6) is -1.34. The molecule has 3 amide bonds. The van der Waals surface area contributed by atoms with Gasteiger partial charge in [0.05, 0.1) is 16.5 Å². The maximum atomic E-state index is 12.8. The van der Waals surface area contributed by atoms with Gasteiger partial charge in [-0.05, 0) is 30.3 Å². The molecule has 11 heteroatoms. The average molecular weight is 439 g/mol. The highest BCUT2D eigenvalue weighted by Crippen LogP contribution is 2.40. The Labute approximate surface area is 173 Å². The van der Waals surface area contributed by atoms with E-state index in [1.165, 1.54) is 12.1 Å². The minimum Gasteiger partial charge on any atom is -0.484 e. The molecule has 4 N–H and O–H groups in total. The van der Waals surface area contributed by atoms with Crippen molar-refractivity contribution < 1.29 is 32.3 Å². The Morgan fingerprint density at radius 2 is 1.97 bits per heavy atom. The first-order valence-corrected chi connectivity index (χ1v) is 9.49. The van der Waals surface area contributed by atoms with E-state index in [0.717, 1.165) is 23.9 Å². The second-order valence-corrected chi connectivity index (χ2v) is 7.58. The number of amides is 3. The molecule has 0 spiro atoms. The van der Waals surface area contributed by atoms with Crippen molar-refractivity contribution in [1.82, 2.24) is 0 Å². The molecule has 158 valence electrons. The van der Waals surface area contributed by atoms with Crippen LogP contribution in [-0.4, -0.2) is 29.6 Å². The Morgan fingerprint density at radius 1 is 1.20 bits per heavy atom. The van der Waals surface area contributed by atoms with Crippen LogP contribution in [0.15, 0.2) is 47.4 Å². The fourth-order valence-electron chi connectivity index (χ4n) is 2.66. The minimum absolute atomic E-state index is 0.0655. The minimum atomic E-state index is -4.52. The number of primary amides is 1. The molecule has 0 aromatic heterocycles. The summed E-state index contributed by atoms with van der Waals surface area (Å²) in [5, 5.41) is 4.24. The normalized spacial score (nSPS) is 15.7. The monoisotopic (exact) mass is 439 g/mol. The number of anilines is 2. The van der Waals surface area contributed by atoms with Crippen LogP contribution in [0.4, 0.5) is 24.5 Å². The first-order valence-electron chi connectivity index (χ1n) is 8.61. The fraction of sp³-hybridized carbons (Fsp3) is 0.211. The number of alkyl halides is 3. The van der Waals surface area contributed by atoms with Crippen LogP contribution >= 0.6 is 11.8 Å². The lowest BCUT2D eigenvalue weighted by atomic mass is 10.1. The number of nitrogens with two attached hydrogens (primary N) is 1. The standard InChI is InChI=1S/C19H16F3N3O4S/c20-19(21,22)10-4-5-14-13(6-10)25-18(28)15(30-14)8-17(27)24-11-2-1-3-12(7-11)29-9-16(23)26/h1-7,15H,8-9H2,(H2,23,26)(H,24,27)(H,25,28)/t15-/m0/s1. The molecule has 0 saturated heterocycles. The zero-order chi connectivity index (χ0) is 21.9. The maximum Gasteiger partial charge on any atom is 0.416 e. The molecule has 0 radical (unpaired) electrons. The number of fused-ring (bicyclic) bond motifs is 1. The van der Waals surface area contributed by atoms with Crippen molar-refractivity contribution in [1.29, 1.82) is 0 Å². The molecule has 0 bridgehead atoms. The van der Waals surface area contributed by atoms with E-state index in [0.29, 0.717) is 16.3 Å². The van der Waals surface area contributed by atoms with E-state index >= 15 is 0 Å². The molecular weight excluding hydrogens is 423 g/mol. The predicted molar refractivity (Wildman–Crippen MR) is 104 cm³/mol. The first kappa shape index (κ1) is 21.5. The Kier molecular flexibility index (Phi) is 6.20. The van der Waals surface area contributed by atoms with E-state index in [4.69, 9.17) is 10.5 Å². The van der Waals surface area contributed by atoms with Crippen LogP contribution in [0, 0.1) is 0 Å². The average Bonchev–Trinajstić information content (AvgIpc) is 2.66. The van der Waals surface area contributed by atoms with Gasteiger partial charge < -0.3 is 21.1 Å². The number of hydrogen-bond acceptors (Lipinski definition) is 5. The molecule has 3 rings (SSSR count). The molecule has 7 nitrogen and oxygen atoms in total. The van der Waals surface area contributed by atoms with Gasteiger partial charge in [-0.3, -0.25) is 14.4 Å². The second kappa shape index (κ2) is 8.66. The highest BCUT2D eigenvalue weighted by atomic mass is 32.2. The number of thioether (sulfide) groups is 1. The highest BCUT2D eigenvalue weighted by Gasteiger charge is 2.34. The summed E-state index contributed by atoms with van der Waals surface area (Å²) in [7, 11) is 0. The summed E-state index contributed by atoms with van der Waals surface area (Å²) >= 11 is 1.02. The van der Waals surface area contributed by atoms with Crippen LogP contribution in [0.25, 0.3) is 0 Å². The topological polar surface area (TPSA) is 111 Å². The molecule has 2 aromatic rings. The van der Waals surface area contributed by atoms with Gasteiger partial charge in [0.25, 0.3) is 5.91 Å². The summed E-state index contributed by atoms with van der Waals surface area (Å²) in [6.45, 7) is -0.314. The molecular formula is C19H16F3N3O4S. The summed E-state index contributed by atoms with van der Waals surface area (Å²) in [6.07, 6.45) is -4.71. The van der Waals surface area contributed by atoms with Crippen molar-refractivity contribution in [3.63, 3.8) is 0 Å². The van der Waals surface area contributed by atoms with Gasteiger partial charge in [-0.25, -0.2) is 0 Å². The van der Waals surface area contributed by atoms with Crippen molar-refractivity contribution in [2.45, 2.75) is 22.7 Å².